The van der Waals surface area contributed by atoms with E-state index in [-0.39, 0.29) is 17.1 Å². The van der Waals surface area contributed by atoms with Crippen LogP contribution in [0.5, 0.6) is 0 Å². The van der Waals surface area contributed by atoms with Crippen LogP contribution in [-0.4, -0.2) is 43.9 Å². The maximum Gasteiger partial charge on any atom is 0.270 e. The van der Waals surface area contributed by atoms with Crippen molar-refractivity contribution < 1.29 is 17.9 Å². The van der Waals surface area contributed by atoms with Crippen LogP contribution in [0.25, 0.3) is 0 Å². The summed E-state index contributed by atoms with van der Waals surface area (Å²) in [6.45, 7) is 4.50. The third-order valence-electron chi connectivity index (χ3n) is 4.03. The Morgan fingerprint density at radius 2 is 1.81 bits per heavy atom. The van der Waals surface area contributed by atoms with Crippen molar-refractivity contribution in [3.05, 3.63) is 64.2 Å². The molecule has 0 atom stereocenters. The van der Waals surface area contributed by atoms with E-state index in [2.05, 4.69) is 10.0 Å². The van der Waals surface area contributed by atoms with Crippen molar-refractivity contribution in [2.75, 3.05) is 25.5 Å². The van der Waals surface area contributed by atoms with Crippen molar-refractivity contribution in [1.82, 2.24) is 4.72 Å². The highest BCUT2D eigenvalue weighted by Crippen LogP contribution is 2.16. The zero-order valence-corrected chi connectivity index (χ0v) is 16.3. The van der Waals surface area contributed by atoms with Crippen molar-refractivity contribution in [1.29, 1.82) is 0 Å². The van der Waals surface area contributed by atoms with Crippen LogP contribution in [-0.2, 0) is 10.0 Å². The predicted octanol–water partition coefficient (Wildman–Crippen LogP) is 2.35. The Labute approximate surface area is 158 Å². The van der Waals surface area contributed by atoms with Crippen LogP contribution in [0.15, 0.2) is 53.4 Å². The van der Waals surface area contributed by atoms with E-state index in [9.17, 15) is 18.5 Å². The second-order valence-electron chi connectivity index (χ2n) is 6.15. The lowest BCUT2D eigenvalue weighted by Gasteiger charge is -2.09. The first kappa shape index (κ1) is 20.5. The highest BCUT2D eigenvalue weighted by molar-refractivity contribution is 7.89. The first-order chi connectivity index (χ1) is 12.7. The average Bonchev–Trinajstić information content (AvgIpc) is 2.63. The van der Waals surface area contributed by atoms with Gasteiger partial charge >= 0.3 is 0 Å². The van der Waals surface area contributed by atoms with Crippen LogP contribution in [0, 0.1) is 17.0 Å². The molecule has 2 aromatic carbocycles. The topological polar surface area (TPSA) is 104 Å². The molecule has 2 N–H and O–H groups in total. The van der Waals surface area contributed by atoms with Crippen molar-refractivity contribution in [2.45, 2.75) is 18.7 Å². The van der Waals surface area contributed by atoms with Gasteiger partial charge in [-0.15, -0.1) is 0 Å². The number of sulfonamides is 1. The van der Waals surface area contributed by atoms with Gasteiger partial charge in [0.05, 0.1) is 23.4 Å². The number of nitrogens with zero attached hydrogens (tertiary/aromatic N) is 2. The maximum atomic E-state index is 12.3. The summed E-state index contributed by atoms with van der Waals surface area (Å²) < 4.78 is 29.0. The molecular weight excluding hydrogens is 368 g/mol. The van der Waals surface area contributed by atoms with Gasteiger partial charge in [-0.2, -0.15) is 0 Å². The van der Waals surface area contributed by atoms with E-state index in [0.717, 1.165) is 17.6 Å². The smallest absolute Gasteiger partial charge is 0.267 e. The summed E-state index contributed by atoms with van der Waals surface area (Å²) in [7, 11) is -1.97. The van der Waals surface area contributed by atoms with Gasteiger partial charge in [0.1, 0.15) is 5.69 Å². The highest BCUT2D eigenvalue weighted by atomic mass is 32.2. The average molecular weight is 391 g/mol. The van der Waals surface area contributed by atoms with Gasteiger partial charge in [0.2, 0.25) is 15.9 Å². The monoisotopic (exact) mass is 391 g/mol. The summed E-state index contributed by atoms with van der Waals surface area (Å²) in [5, 5.41) is 14.1. The van der Waals surface area contributed by atoms with E-state index >= 15 is 0 Å². The van der Waals surface area contributed by atoms with E-state index in [0.29, 0.717) is 6.54 Å². The Hall–Kier alpha value is -2.78. The molecule has 0 heterocycles. The first-order valence-electron chi connectivity index (χ1n) is 8.31. The minimum atomic E-state index is -3.81. The van der Waals surface area contributed by atoms with Gasteiger partial charge in [0, 0.05) is 25.6 Å². The standard InChI is InChI=1S/C18H22N4O4S/c1-14-7-9-16(10-8-14)20-15(2)21(3)12-11-19-27(25,26)18-6-4-5-17(13-18)22(23)24/h4-10,13,19H,11-12H2,1-3H3/p+1. The normalized spacial score (nSPS) is 12.4. The Kier molecular flexibility index (Phi) is 6.65. The molecule has 9 heteroatoms. The van der Waals surface area contributed by atoms with Gasteiger partial charge in [-0.3, -0.25) is 14.7 Å². The molecule has 0 aromatic heterocycles. The second-order valence-corrected chi connectivity index (χ2v) is 7.92. The van der Waals surface area contributed by atoms with E-state index in [4.69, 9.17) is 0 Å². The largest absolute Gasteiger partial charge is 0.270 e. The fourth-order valence-corrected chi connectivity index (χ4v) is 3.36. The molecule has 0 saturated carbocycles. The summed E-state index contributed by atoms with van der Waals surface area (Å²) in [6, 6.07) is 12.9. The molecule has 2 rings (SSSR count). The molecule has 0 radical (unpaired) electrons. The predicted molar refractivity (Wildman–Crippen MR) is 105 cm³/mol. The summed E-state index contributed by atoms with van der Waals surface area (Å²) >= 11 is 0. The van der Waals surface area contributed by atoms with Crippen LogP contribution < -0.4 is 10.0 Å². The lowest BCUT2D eigenvalue weighted by Crippen LogP contribution is -2.32. The van der Waals surface area contributed by atoms with E-state index < -0.39 is 14.9 Å². The zero-order chi connectivity index (χ0) is 20.0. The van der Waals surface area contributed by atoms with Gasteiger partial charge in [0.25, 0.3) is 5.69 Å². The van der Waals surface area contributed by atoms with Crippen LogP contribution in [0.3, 0.4) is 0 Å². The van der Waals surface area contributed by atoms with Crippen LogP contribution in [0.2, 0.25) is 0 Å². The molecular formula is C18H23N4O4S+. The van der Waals surface area contributed by atoms with Crippen LogP contribution in [0.4, 0.5) is 11.4 Å². The molecule has 0 aliphatic heterocycles. The number of rotatable bonds is 7. The number of anilines is 1. The summed E-state index contributed by atoms with van der Waals surface area (Å²) in [5.74, 6) is 0.869. The molecule has 8 nitrogen and oxygen atoms in total. The summed E-state index contributed by atoms with van der Waals surface area (Å²) in [4.78, 5) is 10.1. The Bertz CT molecular complexity index is 954. The van der Waals surface area contributed by atoms with E-state index in [1.807, 2.05) is 49.7 Å². The molecule has 27 heavy (non-hydrogen) atoms. The van der Waals surface area contributed by atoms with Crippen molar-refractivity contribution in [3.8, 4) is 0 Å². The lowest BCUT2D eigenvalue weighted by atomic mass is 10.2. The number of aryl methyl sites for hydroxylation is 1. The fourth-order valence-electron chi connectivity index (χ4n) is 2.30. The zero-order valence-electron chi connectivity index (χ0n) is 15.5. The molecule has 0 bridgehead atoms. The minimum absolute atomic E-state index is 0.127. The Balaban J connectivity index is 1.98. The van der Waals surface area contributed by atoms with Crippen molar-refractivity contribution in [3.63, 3.8) is 0 Å². The lowest BCUT2D eigenvalue weighted by molar-refractivity contribution is -0.495. The van der Waals surface area contributed by atoms with E-state index in [1.165, 1.54) is 23.8 Å². The van der Waals surface area contributed by atoms with Gasteiger partial charge in [-0.05, 0) is 25.1 Å². The van der Waals surface area contributed by atoms with Crippen molar-refractivity contribution in [2.24, 2.45) is 0 Å². The van der Waals surface area contributed by atoms with Crippen molar-refractivity contribution >= 4 is 27.2 Å². The Morgan fingerprint density at radius 3 is 2.44 bits per heavy atom. The van der Waals surface area contributed by atoms with E-state index in [1.54, 1.807) is 0 Å². The number of nitrogens with one attached hydrogen (secondary N) is 2. The quantitative estimate of drug-likeness (QED) is 0.248. The molecule has 0 fully saturated rings. The number of nitro benzene ring substituents is 1. The Morgan fingerprint density at radius 1 is 1.15 bits per heavy atom. The third-order valence-corrected chi connectivity index (χ3v) is 5.49. The number of likely N-dealkylation sites (N-methyl/N-ethyl adjacent to an activating group) is 1. The number of benzene rings is 2. The molecule has 0 unspecified atom stereocenters. The molecule has 0 spiro atoms. The second kappa shape index (κ2) is 8.74. The minimum Gasteiger partial charge on any atom is -0.267 e. The van der Waals surface area contributed by atoms with Crippen LogP contribution >= 0.6 is 0 Å². The van der Waals surface area contributed by atoms with Crippen LogP contribution in [0.1, 0.15) is 12.5 Å². The summed E-state index contributed by atoms with van der Waals surface area (Å²) in [5.41, 5.74) is 1.85. The highest BCUT2D eigenvalue weighted by Gasteiger charge is 2.17. The molecule has 0 saturated heterocycles. The van der Waals surface area contributed by atoms with Gasteiger partial charge in [-0.1, -0.05) is 23.8 Å². The third kappa shape index (κ3) is 5.87. The van der Waals surface area contributed by atoms with Gasteiger partial charge < -0.3 is 0 Å². The molecule has 0 aliphatic carbocycles. The maximum absolute atomic E-state index is 12.3. The number of nitro groups is 1. The first-order valence-corrected chi connectivity index (χ1v) is 9.80. The number of hydrogen-bond donors (Lipinski definition) is 2. The molecule has 0 amide bonds. The number of hydrogen-bond acceptors (Lipinski definition) is 4. The number of amidine groups is 1. The SMILES string of the molecule is CC(Nc1ccc(C)cc1)=[N+](C)CCNS(=O)(=O)c1cccc([N+](=O)[O-])c1. The van der Waals surface area contributed by atoms with Gasteiger partial charge in [0.15, 0.2) is 0 Å². The molecule has 144 valence electrons. The molecule has 0 aliphatic rings. The van der Waals surface area contributed by atoms with Gasteiger partial charge in [-0.25, -0.2) is 18.5 Å². The fraction of sp³-hybridized carbons (Fsp3) is 0.278. The molecule has 2 aromatic rings. The summed E-state index contributed by atoms with van der Waals surface area (Å²) in [6.07, 6.45) is 0. The number of non-ortho nitro benzene ring substituents is 1.